The van der Waals surface area contributed by atoms with Gasteiger partial charge in [0.25, 0.3) is 0 Å². The predicted octanol–water partition coefficient (Wildman–Crippen LogP) is 10.8. The van der Waals surface area contributed by atoms with E-state index in [1.54, 1.807) is 0 Å². The van der Waals surface area contributed by atoms with E-state index in [-0.39, 0.29) is 0 Å². The zero-order valence-electron chi connectivity index (χ0n) is 23.9. The summed E-state index contributed by atoms with van der Waals surface area (Å²) in [6, 6.07) is 22.5. The fourth-order valence-electron chi connectivity index (χ4n) is 5.66. The molecular formula is C36H56N+. The van der Waals surface area contributed by atoms with Gasteiger partial charge in [0.2, 0.25) is 0 Å². The molecule has 2 aromatic rings. The van der Waals surface area contributed by atoms with Crippen LogP contribution in [0, 0.1) is 0 Å². The monoisotopic (exact) mass is 502 g/mol. The van der Waals surface area contributed by atoms with Gasteiger partial charge in [-0.25, -0.2) is 0 Å². The molecule has 0 unspecified atom stereocenters. The van der Waals surface area contributed by atoms with Gasteiger partial charge in [-0.2, -0.15) is 0 Å². The van der Waals surface area contributed by atoms with E-state index in [2.05, 4.69) is 86.0 Å². The van der Waals surface area contributed by atoms with Gasteiger partial charge in [0.1, 0.15) is 13.1 Å². The van der Waals surface area contributed by atoms with Crippen LogP contribution in [0.4, 0.5) is 0 Å². The largest absolute Gasteiger partial charge is 0.316 e. The molecule has 0 atom stereocenters. The van der Waals surface area contributed by atoms with Crippen molar-refractivity contribution in [1.82, 2.24) is 0 Å². The average molecular weight is 503 g/mol. The highest BCUT2D eigenvalue weighted by molar-refractivity contribution is 5.15. The van der Waals surface area contributed by atoms with Crippen LogP contribution in [-0.2, 0) is 13.1 Å². The first-order valence-corrected chi connectivity index (χ1v) is 15.4. The number of hydrogen-bond donors (Lipinski definition) is 0. The van der Waals surface area contributed by atoms with Crippen molar-refractivity contribution in [2.24, 2.45) is 0 Å². The van der Waals surface area contributed by atoms with Gasteiger partial charge in [0.15, 0.2) is 0 Å². The SMILES string of the molecule is C=CCCCCCCCCC[N+](CCCCCCCCCC=C)(Cc1ccccc1)Cc1ccccc1. The van der Waals surface area contributed by atoms with Crippen LogP contribution in [0.3, 0.4) is 0 Å². The Morgan fingerprint density at radius 2 is 0.757 bits per heavy atom. The second kappa shape index (κ2) is 20.9. The summed E-state index contributed by atoms with van der Waals surface area (Å²) in [6.07, 6.45) is 25.6. The van der Waals surface area contributed by atoms with Gasteiger partial charge in [-0.3, -0.25) is 0 Å². The molecule has 0 radical (unpaired) electrons. The molecule has 0 aliphatic heterocycles. The first-order valence-electron chi connectivity index (χ1n) is 15.4. The third kappa shape index (κ3) is 15.0. The van der Waals surface area contributed by atoms with Gasteiger partial charge in [0, 0.05) is 11.1 Å². The molecule has 0 saturated carbocycles. The number of benzene rings is 2. The van der Waals surface area contributed by atoms with Crippen LogP contribution in [0.15, 0.2) is 86.0 Å². The Morgan fingerprint density at radius 1 is 0.432 bits per heavy atom. The summed E-state index contributed by atoms with van der Waals surface area (Å²) in [5.41, 5.74) is 2.98. The fraction of sp³-hybridized carbons (Fsp3) is 0.556. The molecule has 1 heteroatoms. The van der Waals surface area contributed by atoms with Crippen molar-refractivity contribution in [1.29, 1.82) is 0 Å². The van der Waals surface area contributed by atoms with E-state index in [1.807, 2.05) is 0 Å². The maximum Gasteiger partial charge on any atom is 0.105 e. The van der Waals surface area contributed by atoms with Crippen LogP contribution in [0.25, 0.3) is 0 Å². The molecule has 0 aliphatic carbocycles. The van der Waals surface area contributed by atoms with Crippen LogP contribution in [0.5, 0.6) is 0 Å². The van der Waals surface area contributed by atoms with Gasteiger partial charge in [0.05, 0.1) is 13.1 Å². The quantitative estimate of drug-likeness (QED) is 0.0760. The number of allylic oxidation sites excluding steroid dienone is 2. The Balaban J connectivity index is 1.94. The molecule has 0 saturated heterocycles. The maximum absolute atomic E-state index is 3.85. The van der Waals surface area contributed by atoms with Crippen molar-refractivity contribution in [3.05, 3.63) is 97.1 Å². The number of unbranched alkanes of at least 4 members (excludes halogenated alkanes) is 14. The van der Waals surface area contributed by atoms with E-state index in [0.717, 1.165) is 13.1 Å². The molecule has 0 spiro atoms. The Bertz CT molecular complexity index is 724. The lowest BCUT2D eigenvalue weighted by molar-refractivity contribution is -0.954. The standard InChI is InChI=1S/C36H56N/c1-3-5-7-9-11-13-15-17-25-31-37(33-35-27-21-19-22-28-35,34-36-29-23-20-24-30-36)32-26-18-16-14-12-10-8-6-4-2/h3-4,19-24,27-30H,1-2,5-18,25-26,31-34H2/q+1. The number of nitrogens with zero attached hydrogens (tertiary/aromatic N) is 1. The molecule has 0 N–H and O–H groups in total. The average Bonchev–Trinajstić information content (AvgIpc) is 2.92. The molecule has 0 amide bonds. The fourth-order valence-corrected chi connectivity index (χ4v) is 5.66. The minimum absolute atomic E-state index is 1.15. The Kier molecular flexibility index (Phi) is 17.6. The molecule has 0 heterocycles. The minimum atomic E-state index is 1.15. The second-order valence-corrected chi connectivity index (χ2v) is 11.2. The van der Waals surface area contributed by atoms with Gasteiger partial charge in [-0.15, -0.1) is 13.2 Å². The smallest absolute Gasteiger partial charge is 0.105 e. The zero-order valence-corrected chi connectivity index (χ0v) is 23.9. The lowest BCUT2D eigenvalue weighted by Gasteiger charge is -2.39. The Labute approximate surface area is 230 Å². The number of quaternary nitrogens is 1. The van der Waals surface area contributed by atoms with Crippen LogP contribution in [0.2, 0.25) is 0 Å². The predicted molar refractivity (Wildman–Crippen MR) is 165 cm³/mol. The zero-order chi connectivity index (χ0) is 26.3. The van der Waals surface area contributed by atoms with Gasteiger partial charge in [-0.05, 0) is 51.4 Å². The van der Waals surface area contributed by atoms with Crippen molar-refractivity contribution in [3.8, 4) is 0 Å². The van der Waals surface area contributed by atoms with Crippen LogP contribution in [-0.4, -0.2) is 17.6 Å². The van der Waals surface area contributed by atoms with Crippen molar-refractivity contribution in [3.63, 3.8) is 0 Å². The lowest BCUT2D eigenvalue weighted by Crippen LogP contribution is -2.48. The summed E-state index contributed by atoms with van der Waals surface area (Å²) in [5.74, 6) is 0. The van der Waals surface area contributed by atoms with Crippen molar-refractivity contribution < 1.29 is 4.48 Å². The molecular weight excluding hydrogens is 446 g/mol. The van der Waals surface area contributed by atoms with E-state index in [1.165, 1.54) is 131 Å². The topological polar surface area (TPSA) is 0 Å². The van der Waals surface area contributed by atoms with Crippen molar-refractivity contribution in [2.45, 2.75) is 116 Å². The molecule has 0 fully saturated rings. The summed E-state index contributed by atoms with van der Waals surface area (Å²) < 4.78 is 1.20. The van der Waals surface area contributed by atoms with Crippen LogP contribution in [0.1, 0.15) is 114 Å². The lowest BCUT2D eigenvalue weighted by atomic mass is 10.0. The summed E-state index contributed by atoms with van der Waals surface area (Å²) in [7, 11) is 0. The van der Waals surface area contributed by atoms with E-state index in [4.69, 9.17) is 0 Å². The van der Waals surface area contributed by atoms with E-state index >= 15 is 0 Å². The first kappa shape index (κ1) is 31.1. The molecule has 0 aromatic heterocycles. The summed E-state index contributed by atoms with van der Waals surface area (Å²) in [5, 5.41) is 0. The third-order valence-corrected chi connectivity index (χ3v) is 7.80. The first-order chi connectivity index (χ1) is 18.3. The van der Waals surface area contributed by atoms with Crippen LogP contribution >= 0.6 is 0 Å². The number of hydrogen-bond acceptors (Lipinski definition) is 0. The normalized spacial score (nSPS) is 11.5. The Morgan fingerprint density at radius 3 is 1.11 bits per heavy atom. The third-order valence-electron chi connectivity index (χ3n) is 7.80. The maximum atomic E-state index is 3.85. The molecule has 2 rings (SSSR count). The second-order valence-electron chi connectivity index (χ2n) is 11.2. The minimum Gasteiger partial charge on any atom is -0.316 e. The van der Waals surface area contributed by atoms with Crippen molar-refractivity contribution in [2.75, 3.05) is 13.1 Å². The van der Waals surface area contributed by atoms with E-state index in [9.17, 15) is 0 Å². The van der Waals surface area contributed by atoms with Crippen molar-refractivity contribution >= 4 is 0 Å². The number of rotatable bonds is 24. The van der Waals surface area contributed by atoms with Gasteiger partial charge < -0.3 is 4.48 Å². The highest BCUT2D eigenvalue weighted by Gasteiger charge is 2.27. The molecule has 0 aliphatic rings. The summed E-state index contributed by atoms with van der Waals surface area (Å²) >= 11 is 0. The molecule has 0 bridgehead atoms. The summed E-state index contributed by atoms with van der Waals surface area (Å²) in [4.78, 5) is 0. The van der Waals surface area contributed by atoms with Gasteiger partial charge >= 0.3 is 0 Å². The van der Waals surface area contributed by atoms with E-state index in [0.29, 0.717) is 0 Å². The summed E-state index contributed by atoms with van der Waals surface area (Å²) in [6.45, 7) is 12.6. The highest BCUT2D eigenvalue weighted by atomic mass is 15.3. The van der Waals surface area contributed by atoms with E-state index < -0.39 is 0 Å². The molecule has 2 aromatic carbocycles. The van der Waals surface area contributed by atoms with Crippen LogP contribution < -0.4 is 0 Å². The van der Waals surface area contributed by atoms with Gasteiger partial charge in [-0.1, -0.05) is 124 Å². The molecule has 37 heavy (non-hydrogen) atoms. The Hall–Kier alpha value is -2.12. The highest BCUT2D eigenvalue weighted by Crippen LogP contribution is 2.24. The molecule has 204 valence electrons. The molecule has 1 nitrogen and oxygen atoms in total.